The molecule has 0 fully saturated rings. The fourth-order valence-electron chi connectivity index (χ4n) is 6.63. The van der Waals surface area contributed by atoms with Gasteiger partial charge >= 0.3 is 0 Å². The lowest BCUT2D eigenvalue weighted by atomic mass is 9.34. The van der Waals surface area contributed by atoms with E-state index in [0.717, 1.165) is 17.1 Å². The van der Waals surface area contributed by atoms with Gasteiger partial charge in [-0.15, -0.1) is 0 Å². The van der Waals surface area contributed by atoms with Gasteiger partial charge in [0, 0.05) is 53.7 Å². The van der Waals surface area contributed by atoms with Gasteiger partial charge < -0.3 is 9.80 Å². The van der Waals surface area contributed by atoms with Crippen LogP contribution in [0.25, 0.3) is 0 Å². The van der Waals surface area contributed by atoms with Crippen LogP contribution in [0.5, 0.6) is 0 Å². The Hall–Kier alpha value is -4.32. The van der Waals surface area contributed by atoms with E-state index in [1.54, 1.807) is 0 Å². The lowest BCUT2D eigenvalue weighted by Gasteiger charge is -2.43. The van der Waals surface area contributed by atoms with Crippen LogP contribution in [0.2, 0.25) is 0 Å². The van der Waals surface area contributed by atoms with E-state index in [0.29, 0.717) is 0 Å². The molecule has 3 aliphatic rings. The van der Waals surface area contributed by atoms with E-state index in [9.17, 15) is 0 Å². The summed E-state index contributed by atoms with van der Waals surface area (Å²) in [6, 6.07) is 50.7. The molecule has 6 aromatic rings. The third-order valence-corrected chi connectivity index (χ3v) is 10.6. The number of para-hydroxylation sites is 2. The van der Waals surface area contributed by atoms with Crippen LogP contribution in [0.3, 0.4) is 0 Å². The predicted octanol–water partition coefficient (Wildman–Crippen LogP) is 8.39. The van der Waals surface area contributed by atoms with Gasteiger partial charge in [-0.05, 0) is 101 Å². The van der Waals surface area contributed by atoms with Crippen molar-refractivity contribution >= 4 is 80.7 Å². The zero-order valence-electron chi connectivity index (χ0n) is 22.1. The summed E-state index contributed by atoms with van der Waals surface area (Å²) in [6.07, 6.45) is 0. The predicted molar refractivity (Wildman–Crippen MR) is 175 cm³/mol. The van der Waals surface area contributed by atoms with Gasteiger partial charge in [-0.2, -0.15) is 0 Å². The number of benzene rings is 6. The number of nitrogens with zero attached hydrogens (tertiary/aromatic N) is 2. The molecule has 0 N–H and O–H groups in total. The zero-order chi connectivity index (χ0) is 26.9. The van der Waals surface area contributed by atoms with Crippen LogP contribution in [0, 0.1) is 0 Å². The average molecular weight is 559 g/mol. The van der Waals surface area contributed by atoms with E-state index in [4.69, 9.17) is 0 Å². The molecule has 3 heterocycles. The Morgan fingerprint density at radius 1 is 0.415 bits per heavy atom. The van der Waals surface area contributed by atoms with Crippen molar-refractivity contribution in [3.8, 4) is 0 Å². The largest absolute Gasteiger partial charge is 0.311 e. The molecule has 0 saturated carbocycles. The molecular formula is C36H23BN2S2. The van der Waals surface area contributed by atoms with Gasteiger partial charge in [0.1, 0.15) is 0 Å². The molecule has 192 valence electrons. The first-order valence-electron chi connectivity index (χ1n) is 13.9. The van der Waals surface area contributed by atoms with Gasteiger partial charge in [0.05, 0.1) is 0 Å². The molecular weight excluding hydrogens is 535 g/mol. The second-order valence-corrected chi connectivity index (χ2v) is 12.7. The van der Waals surface area contributed by atoms with Crippen molar-refractivity contribution in [2.24, 2.45) is 0 Å². The lowest BCUT2D eigenvalue weighted by molar-refractivity contribution is 1.23. The highest BCUT2D eigenvalue weighted by Gasteiger charge is 2.45. The number of hydrogen-bond acceptors (Lipinski definition) is 4. The summed E-state index contributed by atoms with van der Waals surface area (Å²) in [5, 5.41) is 0. The molecule has 2 nitrogen and oxygen atoms in total. The summed E-state index contributed by atoms with van der Waals surface area (Å²) in [4.78, 5) is 10.3. The minimum atomic E-state index is 0.281. The maximum atomic E-state index is 2.48. The van der Waals surface area contributed by atoms with Crippen molar-refractivity contribution in [2.45, 2.75) is 19.6 Å². The Morgan fingerprint density at radius 3 is 1.37 bits per heavy atom. The Bertz CT molecular complexity index is 1840. The van der Waals surface area contributed by atoms with Crippen molar-refractivity contribution in [1.82, 2.24) is 0 Å². The van der Waals surface area contributed by atoms with Crippen LogP contribution >= 0.6 is 23.5 Å². The second kappa shape index (κ2) is 9.10. The number of anilines is 6. The highest BCUT2D eigenvalue weighted by Crippen LogP contribution is 2.47. The fourth-order valence-corrected chi connectivity index (χ4v) is 9.09. The summed E-state index contributed by atoms with van der Waals surface area (Å²) in [5.74, 6) is 0. The van der Waals surface area contributed by atoms with Crippen LogP contribution in [0.1, 0.15) is 0 Å². The molecule has 0 bridgehead atoms. The monoisotopic (exact) mass is 558 g/mol. The van der Waals surface area contributed by atoms with Crippen LogP contribution in [0.15, 0.2) is 159 Å². The summed E-state index contributed by atoms with van der Waals surface area (Å²) in [7, 11) is 0. The zero-order valence-corrected chi connectivity index (χ0v) is 23.7. The first-order valence-corrected chi connectivity index (χ1v) is 15.5. The van der Waals surface area contributed by atoms with E-state index in [1.807, 2.05) is 23.5 Å². The molecule has 9 rings (SSSR count). The van der Waals surface area contributed by atoms with Crippen molar-refractivity contribution in [1.29, 1.82) is 0 Å². The summed E-state index contributed by atoms with van der Waals surface area (Å²) in [6.45, 7) is 0.281. The molecule has 3 aliphatic heterocycles. The highest BCUT2D eigenvalue weighted by molar-refractivity contribution is 8.01. The standard InChI is InChI=1S/C36H23BN2S2/c1-3-10-24(11-4-1)38(25-12-5-2-6-13-25)26-20-22-27(23-21-26)39-28-14-7-16-30-34(28)37-35-29(39)15-8-17-31(35)41-33-19-9-18-32(40-30)36(33)37/h1-23H. The van der Waals surface area contributed by atoms with Crippen molar-refractivity contribution in [3.05, 3.63) is 140 Å². The van der Waals surface area contributed by atoms with Gasteiger partial charge in [0.25, 0.3) is 6.71 Å². The van der Waals surface area contributed by atoms with Crippen LogP contribution < -0.4 is 26.2 Å². The number of hydrogen-bond donors (Lipinski definition) is 0. The first kappa shape index (κ1) is 23.4. The van der Waals surface area contributed by atoms with Crippen molar-refractivity contribution in [3.63, 3.8) is 0 Å². The van der Waals surface area contributed by atoms with E-state index in [1.165, 1.54) is 53.0 Å². The van der Waals surface area contributed by atoms with E-state index in [2.05, 4.69) is 149 Å². The minimum Gasteiger partial charge on any atom is -0.311 e. The molecule has 0 radical (unpaired) electrons. The molecule has 0 aromatic heterocycles. The maximum absolute atomic E-state index is 2.48. The second-order valence-electron chi connectivity index (χ2n) is 10.5. The molecule has 0 aliphatic carbocycles. The maximum Gasteiger partial charge on any atom is 0.252 e. The van der Waals surface area contributed by atoms with Gasteiger partial charge in [-0.25, -0.2) is 0 Å². The van der Waals surface area contributed by atoms with E-state index >= 15 is 0 Å². The van der Waals surface area contributed by atoms with Gasteiger partial charge in [0.15, 0.2) is 0 Å². The summed E-state index contributed by atoms with van der Waals surface area (Å²) in [5.41, 5.74) is 11.5. The topological polar surface area (TPSA) is 6.48 Å². The highest BCUT2D eigenvalue weighted by atomic mass is 32.2. The third kappa shape index (κ3) is 3.49. The summed E-state index contributed by atoms with van der Waals surface area (Å²) >= 11 is 3.84. The number of rotatable bonds is 4. The van der Waals surface area contributed by atoms with E-state index in [-0.39, 0.29) is 6.71 Å². The van der Waals surface area contributed by atoms with Crippen LogP contribution in [0.4, 0.5) is 34.1 Å². The SMILES string of the molecule is c1ccc(N(c2ccccc2)c2ccc(N3c4cccc5c4B4c6c(cccc6Sc6cccc3c64)S5)cc2)cc1. The van der Waals surface area contributed by atoms with Gasteiger partial charge in [-0.3, -0.25) is 0 Å². The van der Waals surface area contributed by atoms with E-state index < -0.39 is 0 Å². The quantitative estimate of drug-likeness (QED) is 0.200. The molecule has 0 spiro atoms. The van der Waals surface area contributed by atoms with Crippen LogP contribution in [-0.2, 0) is 0 Å². The molecule has 0 atom stereocenters. The first-order chi connectivity index (χ1) is 20.3. The summed E-state index contributed by atoms with van der Waals surface area (Å²) < 4.78 is 0. The Morgan fingerprint density at radius 2 is 0.854 bits per heavy atom. The molecule has 0 amide bonds. The molecule has 0 saturated heterocycles. The molecule has 6 aromatic carbocycles. The van der Waals surface area contributed by atoms with Gasteiger partial charge in [-0.1, -0.05) is 78.1 Å². The molecule has 0 unspecified atom stereocenters. The fraction of sp³-hybridized carbons (Fsp3) is 0. The Balaban J connectivity index is 1.21. The van der Waals surface area contributed by atoms with Crippen molar-refractivity contribution < 1.29 is 0 Å². The smallest absolute Gasteiger partial charge is 0.252 e. The van der Waals surface area contributed by atoms with Crippen LogP contribution in [-0.4, -0.2) is 6.71 Å². The Kier molecular flexibility index (Phi) is 5.19. The normalized spacial score (nSPS) is 13.6. The Labute approximate surface area is 248 Å². The average Bonchev–Trinajstić information content (AvgIpc) is 3.03. The van der Waals surface area contributed by atoms with Crippen molar-refractivity contribution in [2.75, 3.05) is 9.80 Å². The lowest BCUT2D eigenvalue weighted by Crippen LogP contribution is -2.62. The third-order valence-electron chi connectivity index (χ3n) is 8.29. The minimum absolute atomic E-state index is 0.281. The molecule has 5 heteroatoms. The molecule has 41 heavy (non-hydrogen) atoms. The van der Waals surface area contributed by atoms with Gasteiger partial charge in [0.2, 0.25) is 0 Å².